The fraction of sp³-hybridized carbons (Fsp3) is 0. The molecular weight excluding hydrogens is 368 g/mol. The number of fused-ring (bicyclic) bond motifs is 1. The number of aromatic nitrogens is 2. The Morgan fingerprint density at radius 2 is 2.12 bits per heavy atom. The Morgan fingerprint density at radius 1 is 1.19 bits per heavy atom. The highest BCUT2D eigenvalue weighted by molar-refractivity contribution is 8.01. The monoisotopic (exact) mass is 380 g/mol. The van der Waals surface area contributed by atoms with Crippen molar-refractivity contribution in [2.45, 2.75) is 9.43 Å². The fourth-order valence-corrected chi connectivity index (χ4v) is 4.12. The van der Waals surface area contributed by atoms with Gasteiger partial charge in [0.05, 0.1) is 22.0 Å². The van der Waals surface area contributed by atoms with Crippen LogP contribution < -0.4 is 5.43 Å². The molecule has 3 heterocycles. The van der Waals surface area contributed by atoms with Gasteiger partial charge in [0.25, 0.3) is 5.91 Å². The zero-order chi connectivity index (χ0) is 17.8. The number of pyridine rings is 1. The molecule has 26 heavy (non-hydrogen) atoms. The summed E-state index contributed by atoms with van der Waals surface area (Å²) in [5.41, 5.74) is 3.86. The van der Waals surface area contributed by atoms with Gasteiger partial charge in [-0.2, -0.15) is 5.10 Å². The van der Waals surface area contributed by atoms with Crippen LogP contribution in [-0.4, -0.2) is 22.1 Å². The first-order chi connectivity index (χ1) is 12.8. The maximum absolute atomic E-state index is 11.9. The van der Waals surface area contributed by atoms with Crippen molar-refractivity contribution in [2.24, 2.45) is 5.10 Å². The van der Waals surface area contributed by atoms with Crippen LogP contribution in [0.3, 0.4) is 0 Å². The van der Waals surface area contributed by atoms with E-state index < -0.39 is 0 Å². The van der Waals surface area contributed by atoms with E-state index in [0.717, 1.165) is 14.6 Å². The Balaban J connectivity index is 1.39. The molecule has 0 atom stereocenters. The molecule has 0 radical (unpaired) electrons. The molecule has 1 N–H and O–H groups in total. The van der Waals surface area contributed by atoms with Crippen molar-refractivity contribution in [1.82, 2.24) is 15.4 Å². The van der Waals surface area contributed by atoms with Gasteiger partial charge in [-0.15, -0.1) is 11.3 Å². The number of nitrogens with zero attached hydrogens (tertiary/aromatic N) is 3. The number of rotatable bonds is 5. The second kappa shape index (κ2) is 7.51. The van der Waals surface area contributed by atoms with Gasteiger partial charge in [0, 0.05) is 12.4 Å². The molecule has 0 aliphatic carbocycles. The minimum atomic E-state index is -0.329. The highest BCUT2D eigenvalue weighted by Gasteiger charge is 2.08. The summed E-state index contributed by atoms with van der Waals surface area (Å²) in [4.78, 5) is 20.3. The van der Waals surface area contributed by atoms with E-state index in [1.807, 2.05) is 30.3 Å². The van der Waals surface area contributed by atoms with Gasteiger partial charge in [0.1, 0.15) is 5.76 Å². The quantitative estimate of drug-likeness (QED) is 0.415. The van der Waals surface area contributed by atoms with Crippen LogP contribution in [0, 0.1) is 0 Å². The van der Waals surface area contributed by atoms with E-state index in [-0.39, 0.29) is 5.91 Å². The standard InChI is InChI=1S/C18H12N4O2S2/c23-17(12-4-3-9-19-10-12)22-20-11-13-7-8-16(24-13)26-18-21-14-5-1-2-6-15(14)25-18/h1-11H,(H,22,23)/b20-11-. The number of carbonyl (C=O) groups excluding carboxylic acids is 1. The van der Waals surface area contributed by atoms with Crippen molar-refractivity contribution in [3.8, 4) is 0 Å². The average Bonchev–Trinajstić information content (AvgIpc) is 3.28. The number of nitrogens with one attached hydrogen (secondary N) is 1. The smallest absolute Gasteiger partial charge is 0.272 e. The number of hydrazone groups is 1. The predicted octanol–water partition coefficient (Wildman–Crippen LogP) is 4.20. The molecule has 1 amide bonds. The molecule has 6 nitrogen and oxygen atoms in total. The molecule has 0 fully saturated rings. The van der Waals surface area contributed by atoms with Crippen LogP contribution in [0.5, 0.6) is 0 Å². The lowest BCUT2D eigenvalue weighted by Crippen LogP contribution is -2.17. The molecule has 0 bridgehead atoms. The lowest BCUT2D eigenvalue weighted by atomic mass is 10.3. The van der Waals surface area contributed by atoms with Crippen LogP contribution in [0.1, 0.15) is 16.1 Å². The molecule has 0 aliphatic rings. The number of benzene rings is 1. The highest BCUT2D eigenvalue weighted by atomic mass is 32.2. The SMILES string of the molecule is O=C(N/N=C\c1ccc(Sc2nc3ccccc3s2)o1)c1cccnc1. The van der Waals surface area contributed by atoms with Gasteiger partial charge in [0.15, 0.2) is 9.43 Å². The number of hydrogen-bond acceptors (Lipinski definition) is 7. The fourth-order valence-electron chi connectivity index (χ4n) is 2.16. The zero-order valence-corrected chi connectivity index (χ0v) is 15.0. The molecule has 128 valence electrons. The Kier molecular flexibility index (Phi) is 4.76. The Bertz CT molecular complexity index is 1040. The third-order valence-corrected chi connectivity index (χ3v) is 5.36. The number of furan rings is 1. The molecule has 0 unspecified atom stereocenters. The third kappa shape index (κ3) is 3.81. The summed E-state index contributed by atoms with van der Waals surface area (Å²) < 4.78 is 7.74. The number of hydrogen-bond donors (Lipinski definition) is 1. The molecule has 1 aromatic carbocycles. The van der Waals surface area contributed by atoms with E-state index >= 15 is 0 Å². The molecular formula is C18H12N4O2S2. The van der Waals surface area contributed by atoms with Gasteiger partial charge in [-0.05, 0) is 48.2 Å². The zero-order valence-electron chi connectivity index (χ0n) is 13.3. The van der Waals surface area contributed by atoms with Gasteiger partial charge < -0.3 is 4.42 Å². The van der Waals surface area contributed by atoms with Crippen LogP contribution in [0.25, 0.3) is 10.2 Å². The molecule has 4 aromatic rings. The first-order valence-corrected chi connectivity index (χ1v) is 9.28. The van der Waals surface area contributed by atoms with Gasteiger partial charge in [0.2, 0.25) is 0 Å². The number of para-hydroxylation sites is 1. The minimum absolute atomic E-state index is 0.329. The van der Waals surface area contributed by atoms with E-state index in [0.29, 0.717) is 16.4 Å². The van der Waals surface area contributed by atoms with Crippen LogP contribution >= 0.6 is 23.1 Å². The topological polar surface area (TPSA) is 80.4 Å². The van der Waals surface area contributed by atoms with E-state index in [1.54, 1.807) is 35.7 Å². The predicted molar refractivity (Wildman–Crippen MR) is 102 cm³/mol. The number of carbonyl (C=O) groups is 1. The molecule has 3 aromatic heterocycles. The van der Waals surface area contributed by atoms with Gasteiger partial charge in [-0.3, -0.25) is 9.78 Å². The van der Waals surface area contributed by atoms with Crippen molar-refractivity contribution in [3.63, 3.8) is 0 Å². The summed E-state index contributed by atoms with van der Waals surface area (Å²) in [6.07, 6.45) is 4.54. The molecule has 0 aliphatic heterocycles. The summed E-state index contributed by atoms with van der Waals surface area (Å²) in [7, 11) is 0. The van der Waals surface area contributed by atoms with Gasteiger partial charge in [-0.1, -0.05) is 12.1 Å². The van der Waals surface area contributed by atoms with Crippen molar-refractivity contribution in [3.05, 3.63) is 72.2 Å². The van der Waals surface area contributed by atoms with Crippen molar-refractivity contribution in [1.29, 1.82) is 0 Å². The van der Waals surface area contributed by atoms with Crippen LogP contribution in [-0.2, 0) is 0 Å². The summed E-state index contributed by atoms with van der Waals surface area (Å²) >= 11 is 3.07. The van der Waals surface area contributed by atoms with E-state index in [9.17, 15) is 4.79 Å². The number of amides is 1. The molecule has 0 saturated carbocycles. The summed E-state index contributed by atoms with van der Waals surface area (Å²) in [5.74, 6) is 0.213. The van der Waals surface area contributed by atoms with E-state index in [2.05, 4.69) is 20.5 Å². The lowest BCUT2D eigenvalue weighted by molar-refractivity contribution is 0.0954. The molecule has 4 rings (SSSR count). The van der Waals surface area contributed by atoms with Crippen molar-refractivity contribution < 1.29 is 9.21 Å². The summed E-state index contributed by atoms with van der Waals surface area (Å²) in [5, 5.41) is 4.62. The second-order valence-electron chi connectivity index (χ2n) is 5.15. The van der Waals surface area contributed by atoms with Crippen LogP contribution in [0.2, 0.25) is 0 Å². The Hall–Kier alpha value is -2.97. The first kappa shape index (κ1) is 16.5. The summed E-state index contributed by atoms with van der Waals surface area (Å²) in [6.45, 7) is 0. The van der Waals surface area contributed by atoms with Gasteiger partial charge >= 0.3 is 0 Å². The largest absolute Gasteiger partial charge is 0.448 e. The first-order valence-electron chi connectivity index (χ1n) is 7.65. The van der Waals surface area contributed by atoms with Crippen LogP contribution in [0.15, 0.2) is 79.9 Å². The number of thiazole rings is 1. The molecule has 8 heteroatoms. The Labute approximate surface area is 157 Å². The highest BCUT2D eigenvalue weighted by Crippen LogP contribution is 2.34. The van der Waals surface area contributed by atoms with E-state index in [4.69, 9.17) is 4.42 Å². The normalized spacial score (nSPS) is 11.2. The van der Waals surface area contributed by atoms with Crippen molar-refractivity contribution in [2.75, 3.05) is 0 Å². The maximum Gasteiger partial charge on any atom is 0.272 e. The molecule has 0 spiro atoms. The van der Waals surface area contributed by atoms with Crippen molar-refractivity contribution >= 4 is 45.4 Å². The van der Waals surface area contributed by atoms with E-state index in [1.165, 1.54) is 24.2 Å². The van der Waals surface area contributed by atoms with Crippen LogP contribution in [0.4, 0.5) is 0 Å². The summed E-state index contributed by atoms with van der Waals surface area (Å²) in [6, 6.07) is 15.0. The minimum Gasteiger partial charge on any atom is -0.448 e. The average molecular weight is 380 g/mol. The molecule has 0 saturated heterocycles. The lowest BCUT2D eigenvalue weighted by Gasteiger charge is -1.97. The maximum atomic E-state index is 11.9. The third-order valence-electron chi connectivity index (χ3n) is 3.35. The Morgan fingerprint density at radius 3 is 2.96 bits per heavy atom. The second-order valence-corrected chi connectivity index (χ2v) is 7.43. The van der Waals surface area contributed by atoms with Gasteiger partial charge in [-0.25, -0.2) is 10.4 Å².